The molecule has 1 unspecified atom stereocenters. The van der Waals surface area contributed by atoms with Crippen LogP contribution in [0.2, 0.25) is 0 Å². The van der Waals surface area contributed by atoms with Crippen molar-refractivity contribution in [2.24, 2.45) is 5.92 Å². The number of anilines is 1. The second kappa shape index (κ2) is 5.61. The lowest BCUT2D eigenvalue weighted by Crippen LogP contribution is -2.25. The van der Waals surface area contributed by atoms with Gasteiger partial charge in [-0.1, -0.05) is 6.07 Å². The average Bonchev–Trinajstić information content (AvgIpc) is 2.68. The average molecular weight is 333 g/mol. The summed E-state index contributed by atoms with van der Waals surface area (Å²) in [4.78, 5) is 23.7. The molecule has 1 heterocycles. The van der Waals surface area contributed by atoms with Crippen molar-refractivity contribution in [3.63, 3.8) is 0 Å². The van der Waals surface area contributed by atoms with Crippen molar-refractivity contribution in [2.45, 2.75) is 13.3 Å². The maximum atomic E-state index is 12.0. The van der Waals surface area contributed by atoms with Gasteiger partial charge in [0.1, 0.15) is 0 Å². The van der Waals surface area contributed by atoms with Gasteiger partial charge in [-0.15, -0.1) is 0 Å². The number of nitro benzene ring substituents is 1. The molecule has 0 spiro atoms. The van der Waals surface area contributed by atoms with Gasteiger partial charge in [-0.25, -0.2) is 8.42 Å². The number of halogens is 1. The Morgan fingerprint density at radius 2 is 2.14 bits per heavy atom. The SMILES string of the molecule is Cc1ccc(N2CC(CS(=O)(=O)Cl)CC2=O)cc1[N+](=O)[O-]. The number of hydrogen-bond acceptors (Lipinski definition) is 5. The summed E-state index contributed by atoms with van der Waals surface area (Å²) in [6, 6.07) is 4.50. The normalized spacial score (nSPS) is 19.0. The highest BCUT2D eigenvalue weighted by Crippen LogP contribution is 2.30. The van der Waals surface area contributed by atoms with Crippen LogP contribution in [-0.4, -0.2) is 31.5 Å². The molecule has 0 bridgehead atoms. The molecule has 0 aliphatic carbocycles. The van der Waals surface area contributed by atoms with Crippen LogP contribution in [0.25, 0.3) is 0 Å². The highest BCUT2D eigenvalue weighted by atomic mass is 35.7. The van der Waals surface area contributed by atoms with Gasteiger partial charge in [0.25, 0.3) is 5.69 Å². The van der Waals surface area contributed by atoms with E-state index in [4.69, 9.17) is 10.7 Å². The van der Waals surface area contributed by atoms with Crippen molar-refractivity contribution in [1.29, 1.82) is 0 Å². The standard InChI is InChI=1S/C12H13ClN2O5S/c1-8-2-3-10(5-11(8)15(17)18)14-6-9(4-12(14)16)7-21(13,19)20/h2-3,5,9H,4,6-7H2,1H3. The fourth-order valence-electron chi connectivity index (χ4n) is 2.39. The highest BCUT2D eigenvalue weighted by Gasteiger charge is 2.33. The van der Waals surface area contributed by atoms with Crippen LogP contribution >= 0.6 is 10.7 Å². The maximum absolute atomic E-state index is 12.0. The zero-order valence-electron chi connectivity index (χ0n) is 11.2. The van der Waals surface area contributed by atoms with E-state index in [-0.39, 0.29) is 30.3 Å². The number of aryl methyl sites for hydroxylation is 1. The number of rotatable bonds is 4. The fraction of sp³-hybridized carbons (Fsp3) is 0.417. The number of carbonyl (C=O) groups excluding carboxylic acids is 1. The van der Waals surface area contributed by atoms with E-state index in [1.165, 1.54) is 11.0 Å². The molecule has 1 saturated heterocycles. The summed E-state index contributed by atoms with van der Waals surface area (Å²) in [6.07, 6.45) is 0.0631. The molecule has 21 heavy (non-hydrogen) atoms. The summed E-state index contributed by atoms with van der Waals surface area (Å²) < 4.78 is 22.1. The Labute approximate surface area is 126 Å². The monoisotopic (exact) mass is 332 g/mol. The zero-order valence-corrected chi connectivity index (χ0v) is 12.7. The van der Waals surface area contributed by atoms with Gasteiger partial charge in [0.05, 0.1) is 16.4 Å². The van der Waals surface area contributed by atoms with E-state index in [1.807, 2.05) is 0 Å². The number of carbonyl (C=O) groups is 1. The predicted molar refractivity (Wildman–Crippen MR) is 77.9 cm³/mol. The molecule has 2 rings (SSSR count). The quantitative estimate of drug-likeness (QED) is 0.476. The lowest BCUT2D eigenvalue weighted by atomic mass is 10.1. The van der Waals surface area contributed by atoms with Gasteiger partial charge in [0, 0.05) is 41.2 Å². The van der Waals surface area contributed by atoms with Crippen molar-refractivity contribution < 1.29 is 18.1 Å². The molecule has 0 saturated carbocycles. The van der Waals surface area contributed by atoms with E-state index in [1.54, 1.807) is 19.1 Å². The van der Waals surface area contributed by atoms with Crippen LogP contribution in [0.4, 0.5) is 11.4 Å². The molecule has 0 aromatic heterocycles. The molecule has 1 fully saturated rings. The summed E-state index contributed by atoms with van der Waals surface area (Å²) in [5, 5.41) is 10.9. The number of hydrogen-bond donors (Lipinski definition) is 0. The number of benzene rings is 1. The topological polar surface area (TPSA) is 97.6 Å². The lowest BCUT2D eigenvalue weighted by Gasteiger charge is -2.16. The zero-order chi connectivity index (χ0) is 15.8. The first kappa shape index (κ1) is 15.7. The number of amides is 1. The minimum atomic E-state index is -3.68. The van der Waals surface area contributed by atoms with Gasteiger partial charge < -0.3 is 4.90 Å². The smallest absolute Gasteiger partial charge is 0.274 e. The summed E-state index contributed by atoms with van der Waals surface area (Å²) in [6.45, 7) is 1.79. The molecule has 1 aliphatic rings. The Balaban J connectivity index is 2.25. The Bertz CT molecular complexity index is 704. The van der Waals surface area contributed by atoms with Crippen molar-refractivity contribution in [3.05, 3.63) is 33.9 Å². The van der Waals surface area contributed by atoms with Crippen LogP contribution in [-0.2, 0) is 13.8 Å². The molecule has 114 valence electrons. The Morgan fingerprint density at radius 1 is 1.48 bits per heavy atom. The molecular formula is C12H13ClN2O5S. The van der Waals surface area contributed by atoms with Gasteiger partial charge in [-0.05, 0) is 13.0 Å². The second-order valence-corrected chi connectivity index (χ2v) is 7.83. The van der Waals surface area contributed by atoms with Gasteiger partial charge in [0.2, 0.25) is 15.0 Å². The Morgan fingerprint density at radius 3 is 2.71 bits per heavy atom. The molecule has 1 atom stereocenters. The molecule has 9 heteroatoms. The maximum Gasteiger partial charge on any atom is 0.274 e. The minimum Gasteiger partial charge on any atom is -0.312 e. The molecule has 1 aliphatic heterocycles. The third-order valence-electron chi connectivity index (χ3n) is 3.34. The second-order valence-electron chi connectivity index (χ2n) is 5.01. The number of nitro groups is 1. The van der Waals surface area contributed by atoms with Crippen molar-refractivity contribution >= 4 is 37.0 Å². The molecule has 7 nitrogen and oxygen atoms in total. The van der Waals surface area contributed by atoms with Gasteiger partial charge >= 0.3 is 0 Å². The molecule has 1 aromatic rings. The first-order chi connectivity index (χ1) is 9.67. The molecule has 1 aromatic carbocycles. The van der Waals surface area contributed by atoms with E-state index in [9.17, 15) is 23.3 Å². The summed E-state index contributed by atoms with van der Waals surface area (Å²) in [7, 11) is 1.52. The Kier molecular flexibility index (Phi) is 4.20. The molecular weight excluding hydrogens is 320 g/mol. The van der Waals surface area contributed by atoms with Crippen LogP contribution in [0.1, 0.15) is 12.0 Å². The summed E-state index contributed by atoms with van der Waals surface area (Å²) in [5.41, 5.74) is 0.816. The van der Waals surface area contributed by atoms with E-state index in [2.05, 4.69) is 0 Å². The molecule has 0 N–H and O–H groups in total. The van der Waals surface area contributed by atoms with E-state index >= 15 is 0 Å². The Hall–Kier alpha value is -1.67. The first-order valence-corrected chi connectivity index (χ1v) is 8.63. The van der Waals surface area contributed by atoms with Crippen molar-refractivity contribution in [3.8, 4) is 0 Å². The minimum absolute atomic E-state index is 0.0631. The predicted octanol–water partition coefficient (Wildman–Crippen LogP) is 1.82. The third kappa shape index (κ3) is 3.70. The fourth-order valence-corrected chi connectivity index (χ4v) is 3.71. The summed E-state index contributed by atoms with van der Waals surface area (Å²) >= 11 is 0. The van der Waals surface area contributed by atoms with Crippen LogP contribution in [0.3, 0.4) is 0 Å². The lowest BCUT2D eigenvalue weighted by molar-refractivity contribution is -0.385. The van der Waals surface area contributed by atoms with Gasteiger partial charge in [-0.2, -0.15) is 0 Å². The van der Waals surface area contributed by atoms with Gasteiger partial charge in [-0.3, -0.25) is 14.9 Å². The van der Waals surface area contributed by atoms with Crippen LogP contribution < -0.4 is 4.90 Å². The highest BCUT2D eigenvalue weighted by molar-refractivity contribution is 8.13. The van der Waals surface area contributed by atoms with Gasteiger partial charge in [0.15, 0.2) is 0 Å². The van der Waals surface area contributed by atoms with Crippen molar-refractivity contribution in [2.75, 3.05) is 17.2 Å². The van der Waals surface area contributed by atoms with E-state index in [0.717, 1.165) is 0 Å². The first-order valence-electron chi connectivity index (χ1n) is 6.15. The third-order valence-corrected chi connectivity index (χ3v) is 4.59. The van der Waals surface area contributed by atoms with Crippen LogP contribution in [0, 0.1) is 23.0 Å². The molecule has 0 radical (unpaired) electrons. The van der Waals surface area contributed by atoms with Crippen molar-refractivity contribution in [1.82, 2.24) is 0 Å². The molecule has 1 amide bonds. The van der Waals surface area contributed by atoms with Crippen LogP contribution in [0.5, 0.6) is 0 Å². The van der Waals surface area contributed by atoms with E-state index < -0.39 is 19.9 Å². The van der Waals surface area contributed by atoms with Crippen LogP contribution in [0.15, 0.2) is 18.2 Å². The number of nitrogens with zero attached hydrogens (tertiary/aromatic N) is 2. The summed E-state index contributed by atoms with van der Waals surface area (Å²) in [5.74, 6) is -0.955. The largest absolute Gasteiger partial charge is 0.312 e. The van der Waals surface area contributed by atoms with E-state index in [0.29, 0.717) is 11.3 Å².